The second-order valence-corrected chi connectivity index (χ2v) is 4.29. The topological polar surface area (TPSA) is 15.3 Å². The van der Waals surface area contributed by atoms with Crippen molar-refractivity contribution in [1.29, 1.82) is 0 Å². The molecular formula is C7H13BrN2. The zero-order chi connectivity index (χ0) is 6.97. The van der Waals surface area contributed by atoms with Crippen LogP contribution in [0.5, 0.6) is 0 Å². The van der Waals surface area contributed by atoms with Crippen LogP contribution in [0, 0.1) is 5.92 Å². The molecule has 2 nitrogen and oxygen atoms in total. The summed E-state index contributed by atoms with van der Waals surface area (Å²) < 4.78 is 2.25. The van der Waals surface area contributed by atoms with Gasteiger partial charge in [-0.15, -0.1) is 0 Å². The first-order chi connectivity index (χ1) is 4.86. The van der Waals surface area contributed by atoms with Gasteiger partial charge in [0, 0.05) is 35.3 Å². The van der Waals surface area contributed by atoms with Crippen LogP contribution in [-0.4, -0.2) is 29.6 Å². The number of rotatable bonds is 0. The van der Waals surface area contributed by atoms with Crippen LogP contribution in [0.25, 0.3) is 0 Å². The van der Waals surface area contributed by atoms with Crippen molar-refractivity contribution in [1.82, 2.24) is 9.24 Å². The average Bonchev–Trinajstić information content (AvgIpc) is 2.27. The number of piperidine rings is 1. The molecule has 2 fully saturated rings. The SMILES string of the molecule is BrN1C[C@H]2CCCN[C@H]2C1. The Morgan fingerprint density at radius 2 is 2.30 bits per heavy atom. The quantitative estimate of drug-likeness (QED) is 0.593. The van der Waals surface area contributed by atoms with Crippen LogP contribution in [0.1, 0.15) is 12.8 Å². The van der Waals surface area contributed by atoms with E-state index in [2.05, 4.69) is 25.4 Å². The van der Waals surface area contributed by atoms with Crippen molar-refractivity contribution in [2.24, 2.45) is 5.92 Å². The molecule has 0 aromatic rings. The van der Waals surface area contributed by atoms with E-state index in [-0.39, 0.29) is 0 Å². The fourth-order valence-electron chi connectivity index (χ4n) is 1.99. The Bertz CT molecular complexity index is 115. The van der Waals surface area contributed by atoms with E-state index in [1.807, 2.05) is 0 Å². The lowest BCUT2D eigenvalue weighted by Crippen LogP contribution is -2.40. The molecule has 2 aliphatic rings. The van der Waals surface area contributed by atoms with Crippen LogP contribution in [0.15, 0.2) is 0 Å². The first-order valence-electron chi connectivity index (χ1n) is 4.00. The van der Waals surface area contributed by atoms with Gasteiger partial charge in [-0.3, -0.25) is 0 Å². The molecule has 0 aliphatic carbocycles. The standard InChI is InChI=1S/C7H13BrN2/c8-10-4-6-2-1-3-9-7(6)5-10/h6-7,9H,1-5H2/t6-,7+/m1/s1. The summed E-state index contributed by atoms with van der Waals surface area (Å²) in [5.74, 6) is 0.910. The molecule has 0 aromatic carbocycles. The molecule has 0 aromatic heterocycles. The van der Waals surface area contributed by atoms with Crippen LogP contribution in [-0.2, 0) is 0 Å². The summed E-state index contributed by atoms with van der Waals surface area (Å²) in [7, 11) is 0. The minimum atomic E-state index is 0.771. The molecular weight excluding hydrogens is 192 g/mol. The third-order valence-corrected chi connectivity index (χ3v) is 3.13. The first-order valence-corrected chi connectivity index (χ1v) is 4.71. The zero-order valence-corrected chi connectivity index (χ0v) is 7.60. The van der Waals surface area contributed by atoms with E-state index >= 15 is 0 Å². The van der Waals surface area contributed by atoms with Crippen molar-refractivity contribution in [2.75, 3.05) is 19.6 Å². The Kier molecular flexibility index (Phi) is 1.98. The smallest absolute Gasteiger partial charge is 0.0250 e. The lowest BCUT2D eigenvalue weighted by molar-refractivity contribution is 0.339. The van der Waals surface area contributed by atoms with E-state index < -0.39 is 0 Å². The molecule has 3 heteroatoms. The highest BCUT2D eigenvalue weighted by molar-refractivity contribution is 9.07. The van der Waals surface area contributed by atoms with Gasteiger partial charge in [0.15, 0.2) is 0 Å². The Hall–Kier alpha value is 0.400. The Labute approximate surface area is 70.3 Å². The highest BCUT2D eigenvalue weighted by Gasteiger charge is 2.32. The summed E-state index contributed by atoms with van der Waals surface area (Å²) >= 11 is 3.52. The third kappa shape index (κ3) is 1.22. The summed E-state index contributed by atoms with van der Waals surface area (Å²) in [6.45, 7) is 3.64. The molecule has 0 radical (unpaired) electrons. The normalized spacial score (nSPS) is 41.7. The van der Waals surface area contributed by atoms with Crippen LogP contribution in [0.2, 0.25) is 0 Å². The minimum absolute atomic E-state index is 0.771. The number of hydrogen-bond donors (Lipinski definition) is 1. The number of hydrogen-bond acceptors (Lipinski definition) is 2. The molecule has 0 unspecified atom stereocenters. The van der Waals surface area contributed by atoms with Gasteiger partial charge in [-0.05, 0) is 25.3 Å². The first kappa shape index (κ1) is 7.07. The van der Waals surface area contributed by atoms with Crippen molar-refractivity contribution < 1.29 is 0 Å². The maximum atomic E-state index is 3.54. The Morgan fingerprint density at radius 3 is 3.10 bits per heavy atom. The van der Waals surface area contributed by atoms with Gasteiger partial charge >= 0.3 is 0 Å². The minimum Gasteiger partial charge on any atom is -0.312 e. The van der Waals surface area contributed by atoms with Gasteiger partial charge in [0.25, 0.3) is 0 Å². The third-order valence-electron chi connectivity index (χ3n) is 2.55. The van der Waals surface area contributed by atoms with Gasteiger partial charge in [-0.2, -0.15) is 0 Å². The molecule has 0 amide bonds. The molecule has 2 rings (SSSR count). The van der Waals surface area contributed by atoms with Gasteiger partial charge in [0.05, 0.1) is 0 Å². The Balaban J connectivity index is 1.97. The van der Waals surface area contributed by atoms with E-state index in [0.29, 0.717) is 0 Å². The zero-order valence-electron chi connectivity index (χ0n) is 6.02. The number of nitrogens with zero attached hydrogens (tertiary/aromatic N) is 1. The van der Waals surface area contributed by atoms with Crippen molar-refractivity contribution in [3.8, 4) is 0 Å². The molecule has 10 heavy (non-hydrogen) atoms. The lowest BCUT2D eigenvalue weighted by Gasteiger charge is -2.24. The predicted molar refractivity (Wildman–Crippen MR) is 45.0 cm³/mol. The van der Waals surface area contributed by atoms with E-state index in [1.165, 1.54) is 32.5 Å². The second-order valence-electron chi connectivity index (χ2n) is 3.29. The van der Waals surface area contributed by atoms with Crippen LogP contribution in [0.4, 0.5) is 0 Å². The van der Waals surface area contributed by atoms with Gasteiger partial charge in [0.2, 0.25) is 0 Å². The second kappa shape index (κ2) is 2.80. The molecule has 2 heterocycles. The number of nitrogens with one attached hydrogen (secondary N) is 1. The highest BCUT2D eigenvalue weighted by Crippen LogP contribution is 2.26. The van der Waals surface area contributed by atoms with Gasteiger partial charge < -0.3 is 5.32 Å². The summed E-state index contributed by atoms with van der Waals surface area (Å²) in [6.07, 6.45) is 2.78. The monoisotopic (exact) mass is 204 g/mol. The molecule has 0 spiro atoms. The molecule has 0 bridgehead atoms. The molecule has 2 atom stereocenters. The van der Waals surface area contributed by atoms with Crippen molar-refractivity contribution in [3.05, 3.63) is 0 Å². The fourth-order valence-corrected chi connectivity index (χ4v) is 2.68. The van der Waals surface area contributed by atoms with E-state index in [0.717, 1.165) is 12.0 Å². The fraction of sp³-hybridized carbons (Fsp3) is 1.00. The predicted octanol–water partition coefficient (Wildman–Crippen LogP) is 0.980. The number of halogens is 1. The van der Waals surface area contributed by atoms with Crippen molar-refractivity contribution >= 4 is 16.1 Å². The van der Waals surface area contributed by atoms with Crippen molar-refractivity contribution in [2.45, 2.75) is 18.9 Å². The van der Waals surface area contributed by atoms with Crippen LogP contribution < -0.4 is 5.32 Å². The summed E-state index contributed by atoms with van der Waals surface area (Å²) in [5.41, 5.74) is 0. The summed E-state index contributed by atoms with van der Waals surface area (Å²) in [4.78, 5) is 0. The highest BCUT2D eigenvalue weighted by atomic mass is 79.9. The van der Waals surface area contributed by atoms with Gasteiger partial charge in [-0.1, -0.05) is 0 Å². The average molecular weight is 205 g/mol. The largest absolute Gasteiger partial charge is 0.312 e. The maximum Gasteiger partial charge on any atom is 0.0250 e. The van der Waals surface area contributed by atoms with E-state index in [9.17, 15) is 0 Å². The maximum absolute atomic E-state index is 3.54. The summed E-state index contributed by atoms with van der Waals surface area (Å²) in [5, 5.41) is 3.54. The Morgan fingerprint density at radius 1 is 1.40 bits per heavy atom. The van der Waals surface area contributed by atoms with Crippen LogP contribution in [0.3, 0.4) is 0 Å². The van der Waals surface area contributed by atoms with Gasteiger partial charge in [-0.25, -0.2) is 3.93 Å². The number of fused-ring (bicyclic) bond motifs is 1. The molecule has 58 valence electrons. The summed E-state index contributed by atoms with van der Waals surface area (Å²) in [6, 6.07) is 0.771. The van der Waals surface area contributed by atoms with E-state index in [1.54, 1.807) is 0 Å². The lowest BCUT2D eigenvalue weighted by atomic mass is 9.94. The van der Waals surface area contributed by atoms with Crippen molar-refractivity contribution in [3.63, 3.8) is 0 Å². The molecule has 1 N–H and O–H groups in total. The molecule has 0 saturated carbocycles. The molecule has 2 saturated heterocycles. The van der Waals surface area contributed by atoms with Gasteiger partial charge in [0.1, 0.15) is 0 Å². The molecule has 2 aliphatic heterocycles. The van der Waals surface area contributed by atoms with Crippen LogP contribution >= 0.6 is 16.1 Å². The van der Waals surface area contributed by atoms with E-state index in [4.69, 9.17) is 0 Å².